The van der Waals surface area contributed by atoms with E-state index in [1.165, 1.54) is 11.3 Å². The predicted molar refractivity (Wildman–Crippen MR) is 88.8 cm³/mol. The van der Waals surface area contributed by atoms with Gasteiger partial charge in [-0.1, -0.05) is 30.7 Å². The van der Waals surface area contributed by atoms with Crippen LogP contribution in [0, 0.1) is 0 Å². The Hall–Kier alpha value is -1.32. The van der Waals surface area contributed by atoms with Gasteiger partial charge in [0.2, 0.25) is 0 Å². The van der Waals surface area contributed by atoms with Gasteiger partial charge in [0.15, 0.2) is 0 Å². The molecule has 1 aromatic heterocycles. The van der Waals surface area contributed by atoms with E-state index in [1.807, 2.05) is 30.1 Å². The van der Waals surface area contributed by atoms with Gasteiger partial charge < -0.3 is 5.32 Å². The summed E-state index contributed by atoms with van der Waals surface area (Å²) in [5.74, 6) is 0. The fraction of sp³-hybridized carbons (Fsp3) is 0.471. The molecule has 114 valence electrons. The van der Waals surface area contributed by atoms with Gasteiger partial charge in [-0.3, -0.25) is 4.68 Å². The van der Waals surface area contributed by atoms with E-state index in [9.17, 15) is 0 Å². The van der Waals surface area contributed by atoms with Gasteiger partial charge in [-0.25, -0.2) is 0 Å². The van der Waals surface area contributed by atoms with Crippen molar-refractivity contribution < 1.29 is 0 Å². The Morgan fingerprint density at radius 3 is 2.62 bits per heavy atom. The van der Waals surface area contributed by atoms with Gasteiger partial charge in [0.1, 0.15) is 0 Å². The Morgan fingerprint density at radius 1 is 1.24 bits per heavy atom. The largest absolute Gasteiger partial charge is 0.314 e. The van der Waals surface area contributed by atoms with Crippen molar-refractivity contribution >= 4 is 11.6 Å². The molecular formula is C17H24ClN3. The number of hydrogen-bond acceptors (Lipinski definition) is 2. The van der Waals surface area contributed by atoms with Crippen molar-refractivity contribution in [2.75, 3.05) is 6.54 Å². The second kappa shape index (κ2) is 8.20. The summed E-state index contributed by atoms with van der Waals surface area (Å²) in [6.45, 7) is 3.26. The lowest BCUT2D eigenvalue weighted by Gasteiger charge is -2.19. The third-order valence-corrected chi connectivity index (χ3v) is 4.00. The number of nitrogens with zero attached hydrogens (tertiary/aromatic N) is 2. The molecule has 4 heteroatoms. The quantitative estimate of drug-likeness (QED) is 0.807. The minimum atomic E-state index is 0.487. The van der Waals surface area contributed by atoms with Crippen LogP contribution in [0.3, 0.4) is 0 Å². The van der Waals surface area contributed by atoms with Crippen LogP contribution in [0.1, 0.15) is 31.0 Å². The maximum absolute atomic E-state index is 5.95. The maximum atomic E-state index is 5.95. The first kappa shape index (κ1) is 16.1. The fourth-order valence-corrected chi connectivity index (χ4v) is 2.62. The Morgan fingerprint density at radius 2 is 2.00 bits per heavy atom. The van der Waals surface area contributed by atoms with Gasteiger partial charge in [0.25, 0.3) is 0 Å². The molecule has 0 amide bonds. The molecule has 0 radical (unpaired) electrons. The zero-order valence-electron chi connectivity index (χ0n) is 12.8. The molecule has 0 bridgehead atoms. The molecule has 0 fully saturated rings. The first-order valence-corrected chi connectivity index (χ1v) is 8.01. The van der Waals surface area contributed by atoms with Gasteiger partial charge >= 0.3 is 0 Å². The van der Waals surface area contributed by atoms with Crippen molar-refractivity contribution in [2.24, 2.45) is 7.05 Å². The molecule has 0 aliphatic carbocycles. The van der Waals surface area contributed by atoms with Gasteiger partial charge in [-0.05, 0) is 56.0 Å². The highest BCUT2D eigenvalue weighted by Crippen LogP contribution is 2.13. The molecule has 0 aliphatic rings. The van der Waals surface area contributed by atoms with Crippen LogP contribution in [0.2, 0.25) is 5.02 Å². The minimum Gasteiger partial charge on any atom is -0.314 e. The summed E-state index contributed by atoms with van der Waals surface area (Å²) < 4.78 is 1.96. The monoisotopic (exact) mass is 305 g/mol. The topological polar surface area (TPSA) is 29.9 Å². The first-order valence-electron chi connectivity index (χ1n) is 7.63. The number of aryl methyl sites for hydroxylation is 2. The van der Waals surface area contributed by atoms with Crippen LogP contribution in [-0.2, 0) is 19.9 Å². The highest BCUT2D eigenvalue weighted by atomic mass is 35.5. The van der Waals surface area contributed by atoms with E-state index >= 15 is 0 Å². The van der Waals surface area contributed by atoms with E-state index in [2.05, 4.69) is 35.5 Å². The lowest BCUT2D eigenvalue weighted by Crippen LogP contribution is -2.32. The van der Waals surface area contributed by atoms with Gasteiger partial charge in [-0.2, -0.15) is 5.10 Å². The van der Waals surface area contributed by atoms with E-state index in [4.69, 9.17) is 11.6 Å². The number of aromatic nitrogens is 2. The fourth-order valence-electron chi connectivity index (χ4n) is 2.50. The molecule has 21 heavy (non-hydrogen) atoms. The molecule has 0 aliphatic heterocycles. The highest BCUT2D eigenvalue weighted by Gasteiger charge is 2.10. The van der Waals surface area contributed by atoms with Crippen LogP contribution in [0.15, 0.2) is 36.5 Å². The molecule has 1 atom stereocenters. The van der Waals surface area contributed by atoms with Crippen LogP contribution in [0.4, 0.5) is 0 Å². The summed E-state index contributed by atoms with van der Waals surface area (Å²) in [5.41, 5.74) is 2.62. The number of halogens is 1. The summed E-state index contributed by atoms with van der Waals surface area (Å²) in [6.07, 6.45) is 6.22. The first-order chi connectivity index (χ1) is 10.2. The minimum absolute atomic E-state index is 0.487. The summed E-state index contributed by atoms with van der Waals surface area (Å²) >= 11 is 5.95. The van der Waals surface area contributed by atoms with Crippen molar-refractivity contribution in [3.05, 3.63) is 52.8 Å². The van der Waals surface area contributed by atoms with Crippen LogP contribution in [0.25, 0.3) is 0 Å². The van der Waals surface area contributed by atoms with Crippen LogP contribution in [0.5, 0.6) is 0 Å². The van der Waals surface area contributed by atoms with Crippen LogP contribution in [-0.4, -0.2) is 22.4 Å². The molecule has 3 nitrogen and oxygen atoms in total. The van der Waals surface area contributed by atoms with Gasteiger partial charge in [0, 0.05) is 30.0 Å². The third kappa shape index (κ3) is 5.18. The molecule has 1 heterocycles. The number of hydrogen-bond donors (Lipinski definition) is 1. The van der Waals surface area contributed by atoms with E-state index in [0.717, 1.165) is 37.3 Å². The van der Waals surface area contributed by atoms with Crippen molar-refractivity contribution in [3.8, 4) is 0 Å². The van der Waals surface area contributed by atoms with Crippen LogP contribution < -0.4 is 5.32 Å². The number of nitrogens with one attached hydrogen (secondary N) is 1. The molecule has 0 saturated heterocycles. The zero-order valence-corrected chi connectivity index (χ0v) is 13.6. The van der Waals surface area contributed by atoms with Crippen molar-refractivity contribution in [1.29, 1.82) is 0 Å². The Bertz CT molecular complexity index is 533. The van der Waals surface area contributed by atoms with Gasteiger partial charge in [-0.15, -0.1) is 0 Å². The Labute approximate surface area is 132 Å². The highest BCUT2D eigenvalue weighted by molar-refractivity contribution is 6.30. The molecule has 1 unspecified atom stereocenters. The number of benzene rings is 1. The van der Waals surface area contributed by atoms with E-state index in [-0.39, 0.29) is 0 Å². The summed E-state index contributed by atoms with van der Waals surface area (Å²) in [6, 6.07) is 10.8. The lowest BCUT2D eigenvalue weighted by molar-refractivity contribution is 0.471. The van der Waals surface area contributed by atoms with Gasteiger partial charge in [0.05, 0.1) is 0 Å². The lowest BCUT2D eigenvalue weighted by atomic mass is 10.0. The third-order valence-electron chi connectivity index (χ3n) is 3.75. The summed E-state index contributed by atoms with van der Waals surface area (Å²) in [4.78, 5) is 0. The summed E-state index contributed by atoms with van der Waals surface area (Å²) in [5, 5.41) is 8.68. The molecule has 1 N–H and O–H groups in total. The summed E-state index contributed by atoms with van der Waals surface area (Å²) in [7, 11) is 2.00. The SMILES string of the molecule is CCCNC(CCc1ccnn1C)Cc1ccc(Cl)cc1. The Kier molecular flexibility index (Phi) is 6.27. The van der Waals surface area contributed by atoms with E-state index < -0.39 is 0 Å². The number of rotatable bonds is 8. The maximum Gasteiger partial charge on any atom is 0.0492 e. The van der Waals surface area contributed by atoms with Crippen molar-refractivity contribution in [2.45, 2.75) is 38.6 Å². The second-order valence-electron chi connectivity index (χ2n) is 5.47. The molecular weight excluding hydrogens is 282 g/mol. The Balaban J connectivity index is 1.93. The smallest absolute Gasteiger partial charge is 0.0492 e. The zero-order chi connectivity index (χ0) is 15.1. The average Bonchev–Trinajstić information content (AvgIpc) is 2.89. The molecule has 1 aromatic carbocycles. The predicted octanol–water partition coefficient (Wildman–Crippen LogP) is 3.62. The average molecular weight is 306 g/mol. The van der Waals surface area contributed by atoms with E-state index in [1.54, 1.807) is 0 Å². The molecule has 0 saturated carbocycles. The second-order valence-corrected chi connectivity index (χ2v) is 5.90. The molecule has 2 rings (SSSR count). The van der Waals surface area contributed by atoms with E-state index in [0.29, 0.717) is 6.04 Å². The molecule has 0 spiro atoms. The normalized spacial score (nSPS) is 12.5. The van der Waals surface area contributed by atoms with Crippen LogP contribution >= 0.6 is 11.6 Å². The van der Waals surface area contributed by atoms with Crippen molar-refractivity contribution in [1.82, 2.24) is 15.1 Å². The molecule has 2 aromatic rings. The van der Waals surface area contributed by atoms with Crippen molar-refractivity contribution in [3.63, 3.8) is 0 Å². The standard InChI is InChI=1S/C17H24ClN3/c1-3-11-19-16(8-9-17-10-12-20-21(17)2)13-14-4-6-15(18)7-5-14/h4-7,10,12,16,19H,3,8-9,11,13H2,1-2H3.